The summed E-state index contributed by atoms with van der Waals surface area (Å²) in [5.41, 5.74) is 0. The normalized spacial score (nSPS) is 15.6. The lowest BCUT2D eigenvalue weighted by atomic mass is 10.1. The maximum absolute atomic E-state index is 12.0. The molecule has 1 aliphatic heterocycles. The van der Waals surface area contributed by atoms with Gasteiger partial charge in [-0.3, -0.25) is 9.59 Å². The summed E-state index contributed by atoms with van der Waals surface area (Å²) in [6.07, 6.45) is 2.95. The molecule has 1 heterocycles. The van der Waals surface area contributed by atoms with Gasteiger partial charge in [-0.25, -0.2) is 0 Å². The van der Waals surface area contributed by atoms with Crippen LogP contribution in [-0.2, 0) is 9.59 Å². The van der Waals surface area contributed by atoms with Crippen molar-refractivity contribution >= 4 is 24.2 Å². The number of carbonyl (C=O) groups is 2. The van der Waals surface area contributed by atoms with Crippen molar-refractivity contribution in [2.75, 3.05) is 26.7 Å². The van der Waals surface area contributed by atoms with E-state index in [2.05, 4.69) is 10.6 Å². The Bertz CT molecular complexity index is 305. The molecule has 6 heteroatoms. The Kier molecular flexibility index (Phi) is 9.59. The van der Waals surface area contributed by atoms with Crippen molar-refractivity contribution in [3.63, 3.8) is 0 Å². The Morgan fingerprint density at radius 2 is 1.90 bits per heavy atom. The second kappa shape index (κ2) is 10.00. The molecule has 1 saturated heterocycles. The Balaban J connectivity index is 0.00000361. The number of halogens is 1. The molecule has 0 saturated carbocycles. The van der Waals surface area contributed by atoms with Crippen LogP contribution in [0.1, 0.15) is 39.5 Å². The summed E-state index contributed by atoms with van der Waals surface area (Å²) in [4.78, 5) is 25.3. The fourth-order valence-electron chi connectivity index (χ4n) is 2.33. The molecule has 0 aliphatic carbocycles. The Labute approximate surface area is 128 Å². The molecule has 1 rings (SSSR count). The van der Waals surface area contributed by atoms with Crippen LogP contribution >= 0.6 is 12.4 Å². The van der Waals surface area contributed by atoms with Gasteiger partial charge < -0.3 is 15.5 Å². The van der Waals surface area contributed by atoms with Crippen LogP contribution in [0.2, 0.25) is 0 Å². The van der Waals surface area contributed by atoms with Crippen LogP contribution in [-0.4, -0.2) is 49.4 Å². The third-order valence-corrected chi connectivity index (χ3v) is 3.50. The molecule has 5 nitrogen and oxygen atoms in total. The highest BCUT2D eigenvalue weighted by atomic mass is 35.5. The van der Waals surface area contributed by atoms with Crippen LogP contribution in [0, 0.1) is 5.92 Å². The van der Waals surface area contributed by atoms with E-state index in [1.165, 1.54) is 0 Å². The van der Waals surface area contributed by atoms with Gasteiger partial charge in [-0.05, 0) is 31.8 Å². The van der Waals surface area contributed by atoms with Gasteiger partial charge in [0, 0.05) is 32.5 Å². The van der Waals surface area contributed by atoms with E-state index < -0.39 is 0 Å². The zero-order valence-electron chi connectivity index (χ0n) is 12.8. The van der Waals surface area contributed by atoms with E-state index in [-0.39, 0.29) is 24.2 Å². The van der Waals surface area contributed by atoms with Crippen molar-refractivity contribution in [3.05, 3.63) is 0 Å². The number of amides is 2. The summed E-state index contributed by atoms with van der Waals surface area (Å²) in [6, 6.07) is 0.347. The van der Waals surface area contributed by atoms with Crippen molar-refractivity contribution in [2.45, 2.75) is 45.6 Å². The number of nitrogens with one attached hydrogen (secondary N) is 2. The van der Waals surface area contributed by atoms with E-state index in [0.717, 1.165) is 25.9 Å². The highest BCUT2D eigenvalue weighted by molar-refractivity contribution is 5.85. The predicted octanol–water partition coefficient (Wildman–Crippen LogP) is 1.17. The largest absolute Gasteiger partial charge is 0.356 e. The summed E-state index contributed by atoms with van der Waals surface area (Å²) < 4.78 is 0. The fourth-order valence-corrected chi connectivity index (χ4v) is 2.33. The lowest BCUT2D eigenvalue weighted by Crippen LogP contribution is -2.44. The van der Waals surface area contributed by atoms with Gasteiger partial charge in [0.05, 0.1) is 0 Å². The topological polar surface area (TPSA) is 61.4 Å². The molecule has 2 amide bonds. The van der Waals surface area contributed by atoms with Crippen LogP contribution in [0.15, 0.2) is 0 Å². The maximum atomic E-state index is 12.0. The van der Waals surface area contributed by atoms with Gasteiger partial charge in [0.25, 0.3) is 0 Å². The number of nitrogens with zero attached hydrogens (tertiary/aromatic N) is 1. The average molecular weight is 306 g/mol. The van der Waals surface area contributed by atoms with E-state index in [9.17, 15) is 9.59 Å². The standard InChI is InChI=1S/C14H27N3O2.ClH/c1-11(2)10-13(18)16-9-6-14(19)17(3)12-4-7-15-8-5-12;/h11-12,15H,4-10H2,1-3H3,(H,16,18);1H. The number of hydrogen-bond acceptors (Lipinski definition) is 3. The quantitative estimate of drug-likeness (QED) is 0.774. The van der Waals surface area contributed by atoms with Crippen molar-refractivity contribution in [2.24, 2.45) is 5.92 Å². The van der Waals surface area contributed by atoms with Gasteiger partial charge in [0.15, 0.2) is 0 Å². The first-order valence-corrected chi connectivity index (χ1v) is 7.23. The molecule has 0 aromatic rings. The molecular formula is C14H28ClN3O2. The average Bonchev–Trinajstić information content (AvgIpc) is 2.37. The van der Waals surface area contributed by atoms with Crippen LogP contribution in [0.5, 0.6) is 0 Å². The molecule has 1 fully saturated rings. The van der Waals surface area contributed by atoms with Gasteiger partial charge >= 0.3 is 0 Å². The number of rotatable bonds is 6. The third kappa shape index (κ3) is 7.10. The van der Waals surface area contributed by atoms with Gasteiger partial charge in [-0.15, -0.1) is 12.4 Å². The van der Waals surface area contributed by atoms with E-state index in [1.807, 2.05) is 25.8 Å². The number of hydrogen-bond donors (Lipinski definition) is 2. The first kappa shape index (κ1) is 19.2. The van der Waals surface area contributed by atoms with Gasteiger partial charge in [0.2, 0.25) is 11.8 Å². The van der Waals surface area contributed by atoms with E-state index in [4.69, 9.17) is 0 Å². The van der Waals surface area contributed by atoms with E-state index in [0.29, 0.717) is 31.3 Å². The molecule has 0 spiro atoms. The van der Waals surface area contributed by atoms with Crippen molar-refractivity contribution in [1.82, 2.24) is 15.5 Å². The minimum absolute atomic E-state index is 0. The van der Waals surface area contributed by atoms with Gasteiger partial charge in [0.1, 0.15) is 0 Å². The second-order valence-electron chi connectivity index (χ2n) is 5.68. The summed E-state index contributed by atoms with van der Waals surface area (Å²) in [5, 5.41) is 6.09. The van der Waals surface area contributed by atoms with Crippen LogP contribution in [0.3, 0.4) is 0 Å². The monoisotopic (exact) mass is 305 g/mol. The SMILES string of the molecule is CC(C)CC(=O)NCCC(=O)N(C)C1CCNCC1.Cl. The van der Waals surface area contributed by atoms with Crippen LogP contribution in [0.25, 0.3) is 0 Å². The first-order valence-electron chi connectivity index (χ1n) is 7.23. The molecule has 0 unspecified atom stereocenters. The molecule has 20 heavy (non-hydrogen) atoms. The maximum Gasteiger partial charge on any atom is 0.224 e. The minimum atomic E-state index is 0. The lowest BCUT2D eigenvalue weighted by Gasteiger charge is -2.31. The molecule has 118 valence electrons. The molecule has 0 bridgehead atoms. The zero-order chi connectivity index (χ0) is 14.3. The summed E-state index contributed by atoms with van der Waals surface area (Å²) >= 11 is 0. The van der Waals surface area contributed by atoms with Crippen molar-refractivity contribution in [3.8, 4) is 0 Å². The molecule has 2 N–H and O–H groups in total. The van der Waals surface area contributed by atoms with Crippen LogP contribution in [0.4, 0.5) is 0 Å². The fraction of sp³-hybridized carbons (Fsp3) is 0.857. The van der Waals surface area contributed by atoms with Crippen LogP contribution < -0.4 is 10.6 Å². The Morgan fingerprint density at radius 3 is 2.45 bits per heavy atom. The van der Waals surface area contributed by atoms with Gasteiger partial charge in [-0.1, -0.05) is 13.8 Å². The number of carbonyl (C=O) groups excluding carboxylic acids is 2. The lowest BCUT2D eigenvalue weighted by molar-refractivity contribution is -0.132. The summed E-state index contributed by atoms with van der Waals surface area (Å²) in [6.45, 7) is 6.42. The molecule has 0 aromatic heterocycles. The highest BCUT2D eigenvalue weighted by Gasteiger charge is 2.21. The smallest absolute Gasteiger partial charge is 0.224 e. The summed E-state index contributed by atoms with van der Waals surface area (Å²) in [5.74, 6) is 0.511. The highest BCUT2D eigenvalue weighted by Crippen LogP contribution is 2.10. The van der Waals surface area contributed by atoms with E-state index >= 15 is 0 Å². The first-order chi connectivity index (χ1) is 9.00. The Morgan fingerprint density at radius 1 is 1.30 bits per heavy atom. The molecule has 1 aliphatic rings. The predicted molar refractivity (Wildman–Crippen MR) is 83.0 cm³/mol. The zero-order valence-corrected chi connectivity index (χ0v) is 13.6. The van der Waals surface area contributed by atoms with Gasteiger partial charge in [-0.2, -0.15) is 0 Å². The van der Waals surface area contributed by atoms with E-state index in [1.54, 1.807) is 0 Å². The molecular weight excluding hydrogens is 278 g/mol. The van der Waals surface area contributed by atoms with Crippen molar-refractivity contribution < 1.29 is 9.59 Å². The third-order valence-electron chi connectivity index (χ3n) is 3.50. The molecule has 0 atom stereocenters. The molecule has 0 radical (unpaired) electrons. The minimum Gasteiger partial charge on any atom is -0.356 e. The number of piperidine rings is 1. The summed E-state index contributed by atoms with van der Waals surface area (Å²) in [7, 11) is 1.87. The Hall–Kier alpha value is -0.810. The van der Waals surface area contributed by atoms with Crippen molar-refractivity contribution in [1.29, 1.82) is 0 Å². The molecule has 0 aromatic carbocycles. The second-order valence-corrected chi connectivity index (χ2v) is 5.68.